The number of hydrogen-bond acceptors (Lipinski definition) is 6. The molecular weight excluding hydrogens is 290 g/mol. The maximum Gasteiger partial charge on any atom is 0.281 e. The highest BCUT2D eigenvalue weighted by Gasteiger charge is 2.19. The third kappa shape index (κ3) is 4.47. The Morgan fingerprint density at radius 1 is 1.14 bits per heavy atom. The summed E-state index contributed by atoms with van der Waals surface area (Å²) in [5.41, 5.74) is -0.247. The fraction of sp³-hybridized carbons (Fsp3) is 0.571. The predicted octanol–water partition coefficient (Wildman–Crippen LogP) is 2.90. The number of non-ortho nitro benzene ring substituents is 1. The van der Waals surface area contributed by atoms with Gasteiger partial charge in [0.1, 0.15) is 0 Å². The Kier molecular flexibility index (Phi) is 5.79. The van der Waals surface area contributed by atoms with Gasteiger partial charge in [-0.2, -0.15) is 0 Å². The average Bonchev–Trinajstić information content (AvgIpc) is 2.52. The number of nitrogens with zero attached hydrogens (tertiary/aromatic N) is 2. The van der Waals surface area contributed by atoms with E-state index < -0.39 is 9.85 Å². The summed E-state index contributed by atoms with van der Waals surface area (Å²) >= 11 is 0. The Hall–Kier alpha value is -2.06. The molecule has 1 fully saturated rings. The zero-order valence-corrected chi connectivity index (χ0v) is 12.2. The van der Waals surface area contributed by atoms with Crippen molar-refractivity contribution in [1.29, 1.82) is 0 Å². The molecule has 0 aliphatic heterocycles. The summed E-state index contributed by atoms with van der Waals surface area (Å²) in [6.45, 7) is 0.368. The van der Waals surface area contributed by atoms with E-state index in [9.17, 15) is 20.2 Å². The van der Waals surface area contributed by atoms with Crippen LogP contribution in [0.2, 0.25) is 0 Å². The normalized spacial score (nSPS) is 15.6. The van der Waals surface area contributed by atoms with Crippen LogP contribution in [0.1, 0.15) is 37.7 Å². The van der Waals surface area contributed by atoms with Gasteiger partial charge in [0.2, 0.25) is 0 Å². The van der Waals surface area contributed by atoms with Gasteiger partial charge < -0.3 is 4.74 Å². The van der Waals surface area contributed by atoms with Crippen LogP contribution in [0, 0.1) is 20.2 Å². The minimum atomic E-state index is -0.651. The molecule has 1 saturated carbocycles. The number of nitrogens with one attached hydrogen (secondary N) is 1. The molecule has 0 unspecified atom stereocenters. The summed E-state index contributed by atoms with van der Waals surface area (Å²) in [6, 6.07) is 4.03. The van der Waals surface area contributed by atoms with Gasteiger partial charge in [0.25, 0.3) is 11.4 Å². The Morgan fingerprint density at radius 2 is 1.86 bits per heavy atom. The molecule has 0 amide bonds. The molecule has 1 aromatic carbocycles. The first-order valence-corrected chi connectivity index (χ1v) is 7.31. The largest absolute Gasteiger partial charge is 0.361 e. The van der Waals surface area contributed by atoms with Gasteiger partial charge in [-0.05, 0) is 18.9 Å². The maximum atomic E-state index is 11.0. The third-order valence-corrected chi connectivity index (χ3v) is 3.81. The Balaban J connectivity index is 1.88. The van der Waals surface area contributed by atoms with Gasteiger partial charge in [0, 0.05) is 12.1 Å². The molecule has 8 nitrogen and oxygen atoms in total. The lowest BCUT2D eigenvalue weighted by molar-refractivity contribution is -0.394. The number of nitro groups is 2. The monoisotopic (exact) mass is 309 g/mol. The van der Waals surface area contributed by atoms with Crippen LogP contribution in [0.3, 0.4) is 0 Å². The van der Waals surface area contributed by atoms with Crippen LogP contribution < -0.4 is 5.32 Å². The Morgan fingerprint density at radius 3 is 2.50 bits per heavy atom. The van der Waals surface area contributed by atoms with Crippen LogP contribution in [0.4, 0.5) is 11.4 Å². The van der Waals surface area contributed by atoms with E-state index in [1.54, 1.807) is 0 Å². The van der Waals surface area contributed by atoms with Crippen LogP contribution in [-0.2, 0) is 11.3 Å². The van der Waals surface area contributed by atoms with Crippen LogP contribution in [-0.4, -0.2) is 22.6 Å². The van der Waals surface area contributed by atoms with Crippen molar-refractivity contribution < 1.29 is 14.6 Å². The second-order valence-corrected chi connectivity index (χ2v) is 5.36. The summed E-state index contributed by atoms with van der Waals surface area (Å²) in [7, 11) is 0. The number of ether oxygens (including phenoxy) is 1. The number of nitro benzene ring substituents is 2. The van der Waals surface area contributed by atoms with Crippen molar-refractivity contribution in [3.05, 3.63) is 44.0 Å². The second-order valence-electron chi connectivity index (χ2n) is 5.36. The molecule has 0 aromatic heterocycles. The van der Waals surface area contributed by atoms with Crippen LogP contribution >= 0.6 is 0 Å². The van der Waals surface area contributed by atoms with E-state index in [1.807, 2.05) is 0 Å². The van der Waals surface area contributed by atoms with E-state index in [4.69, 9.17) is 4.74 Å². The van der Waals surface area contributed by atoms with Crippen molar-refractivity contribution in [1.82, 2.24) is 5.32 Å². The molecule has 0 spiro atoms. The zero-order valence-electron chi connectivity index (χ0n) is 12.2. The molecular formula is C14H19N3O5. The molecule has 120 valence electrons. The quantitative estimate of drug-likeness (QED) is 0.359. The van der Waals surface area contributed by atoms with E-state index in [2.05, 4.69) is 5.32 Å². The summed E-state index contributed by atoms with van der Waals surface area (Å²) in [5, 5.41) is 24.9. The molecule has 22 heavy (non-hydrogen) atoms. The summed E-state index contributed by atoms with van der Waals surface area (Å²) in [5.74, 6) is 0. The van der Waals surface area contributed by atoms with E-state index in [0.717, 1.165) is 18.9 Å². The van der Waals surface area contributed by atoms with Crippen LogP contribution in [0.15, 0.2) is 18.2 Å². The predicted molar refractivity (Wildman–Crippen MR) is 79.4 cm³/mol. The molecule has 0 atom stereocenters. The van der Waals surface area contributed by atoms with Gasteiger partial charge in [0.05, 0.1) is 34.8 Å². The smallest absolute Gasteiger partial charge is 0.281 e. The Bertz CT molecular complexity index is 543. The van der Waals surface area contributed by atoms with Crippen molar-refractivity contribution in [2.75, 3.05) is 6.73 Å². The van der Waals surface area contributed by atoms with E-state index in [-0.39, 0.29) is 18.0 Å². The average molecular weight is 309 g/mol. The number of benzene rings is 1. The molecule has 1 N–H and O–H groups in total. The zero-order chi connectivity index (χ0) is 15.9. The SMILES string of the molecule is O=[N+]([O-])c1ccc(COCNC2CCCCC2)c([N+](=O)[O-])c1. The molecule has 0 saturated heterocycles. The summed E-state index contributed by atoms with van der Waals surface area (Å²) in [6.07, 6.45) is 5.95. The van der Waals surface area contributed by atoms with E-state index in [0.29, 0.717) is 18.3 Å². The number of hydrogen-bond donors (Lipinski definition) is 1. The molecule has 8 heteroatoms. The van der Waals surface area contributed by atoms with Gasteiger partial charge >= 0.3 is 0 Å². The van der Waals surface area contributed by atoms with Crippen molar-refractivity contribution >= 4 is 11.4 Å². The first-order chi connectivity index (χ1) is 10.6. The Labute approximate surface area is 127 Å². The molecule has 0 radical (unpaired) electrons. The fourth-order valence-corrected chi connectivity index (χ4v) is 2.60. The number of rotatable bonds is 7. The van der Waals surface area contributed by atoms with Gasteiger partial charge in [-0.25, -0.2) is 0 Å². The topological polar surface area (TPSA) is 108 Å². The first-order valence-electron chi connectivity index (χ1n) is 7.31. The van der Waals surface area contributed by atoms with Gasteiger partial charge in [-0.3, -0.25) is 25.5 Å². The molecule has 0 heterocycles. The van der Waals surface area contributed by atoms with E-state index in [1.165, 1.54) is 31.4 Å². The van der Waals surface area contributed by atoms with Gasteiger partial charge in [0.15, 0.2) is 0 Å². The highest BCUT2D eigenvalue weighted by atomic mass is 16.6. The highest BCUT2D eigenvalue weighted by molar-refractivity contribution is 5.48. The van der Waals surface area contributed by atoms with Gasteiger partial charge in [-0.15, -0.1) is 0 Å². The minimum Gasteiger partial charge on any atom is -0.361 e. The van der Waals surface area contributed by atoms with Crippen molar-refractivity contribution in [2.24, 2.45) is 0 Å². The van der Waals surface area contributed by atoms with Crippen LogP contribution in [0.5, 0.6) is 0 Å². The van der Waals surface area contributed by atoms with Gasteiger partial charge in [-0.1, -0.05) is 19.3 Å². The van der Waals surface area contributed by atoms with Crippen molar-refractivity contribution in [3.63, 3.8) is 0 Å². The maximum absolute atomic E-state index is 11.0. The highest BCUT2D eigenvalue weighted by Crippen LogP contribution is 2.25. The third-order valence-electron chi connectivity index (χ3n) is 3.81. The van der Waals surface area contributed by atoms with E-state index >= 15 is 0 Å². The summed E-state index contributed by atoms with van der Waals surface area (Å²) in [4.78, 5) is 20.4. The lowest BCUT2D eigenvalue weighted by atomic mass is 9.96. The molecule has 1 aliphatic rings. The first kappa shape index (κ1) is 16.3. The molecule has 0 bridgehead atoms. The van der Waals surface area contributed by atoms with Crippen molar-refractivity contribution in [3.8, 4) is 0 Å². The fourth-order valence-electron chi connectivity index (χ4n) is 2.60. The van der Waals surface area contributed by atoms with Crippen LogP contribution in [0.25, 0.3) is 0 Å². The molecule has 1 aliphatic carbocycles. The van der Waals surface area contributed by atoms with Crippen molar-refractivity contribution in [2.45, 2.75) is 44.8 Å². The second kappa shape index (κ2) is 7.81. The standard InChI is InChI=1S/C14H19N3O5/c18-16(19)13-7-6-11(14(8-13)17(20)21)9-22-10-15-12-4-2-1-3-5-12/h6-8,12,15H,1-5,9-10H2. The minimum absolute atomic E-state index is 0.0496. The summed E-state index contributed by atoms with van der Waals surface area (Å²) < 4.78 is 5.43. The molecule has 1 aromatic rings. The lowest BCUT2D eigenvalue weighted by Gasteiger charge is -2.22. The lowest BCUT2D eigenvalue weighted by Crippen LogP contribution is -2.32. The molecule has 2 rings (SSSR count).